The molecule has 2 atom stereocenters. The van der Waals surface area contributed by atoms with Crippen molar-refractivity contribution in [2.24, 2.45) is 0 Å². The van der Waals surface area contributed by atoms with Gasteiger partial charge in [-0.25, -0.2) is 0 Å². The third-order valence-corrected chi connectivity index (χ3v) is 5.22. The first-order valence-corrected chi connectivity index (χ1v) is 10.3. The first-order chi connectivity index (χ1) is 13.0. The fourth-order valence-electron chi connectivity index (χ4n) is 3.31. The molecule has 6 heteroatoms. The van der Waals surface area contributed by atoms with E-state index in [1.54, 1.807) is 16.1 Å². The smallest absolute Gasteiger partial charge is 0.242 e. The number of ether oxygens (including phenoxy) is 1. The summed E-state index contributed by atoms with van der Waals surface area (Å²) < 4.78 is 11.2. The minimum absolute atomic E-state index is 0.0477. The summed E-state index contributed by atoms with van der Waals surface area (Å²) in [6, 6.07) is 3.74. The van der Waals surface area contributed by atoms with E-state index in [0.717, 1.165) is 44.5 Å². The van der Waals surface area contributed by atoms with Crippen molar-refractivity contribution in [2.75, 3.05) is 19.7 Å². The Morgan fingerprint density at radius 3 is 2.70 bits per heavy atom. The Kier molecular flexibility index (Phi) is 8.85. The van der Waals surface area contributed by atoms with Crippen LogP contribution < -0.4 is 0 Å². The molecule has 1 aliphatic heterocycles. The molecule has 0 aromatic carbocycles. The highest BCUT2D eigenvalue weighted by Gasteiger charge is 2.27. The van der Waals surface area contributed by atoms with Crippen LogP contribution in [0.4, 0.5) is 0 Å². The van der Waals surface area contributed by atoms with Gasteiger partial charge in [0.2, 0.25) is 11.8 Å². The molecule has 0 N–H and O–H groups in total. The van der Waals surface area contributed by atoms with Gasteiger partial charge in [0.15, 0.2) is 0 Å². The van der Waals surface area contributed by atoms with E-state index in [1.807, 2.05) is 26.0 Å². The average molecular weight is 379 g/mol. The molecule has 2 heterocycles. The summed E-state index contributed by atoms with van der Waals surface area (Å²) in [5, 5.41) is 0. The molecule has 1 saturated heterocycles. The van der Waals surface area contributed by atoms with E-state index in [-0.39, 0.29) is 30.5 Å². The molecule has 1 fully saturated rings. The molecule has 0 bridgehead atoms. The zero-order chi connectivity index (χ0) is 19.6. The second kappa shape index (κ2) is 11.1. The molecule has 2 rings (SSSR count). The van der Waals surface area contributed by atoms with Crippen molar-refractivity contribution in [3.8, 4) is 0 Å². The van der Waals surface area contributed by atoms with Gasteiger partial charge in [0.05, 0.1) is 18.9 Å². The zero-order valence-corrected chi connectivity index (χ0v) is 17.0. The minimum Gasteiger partial charge on any atom is -0.467 e. The summed E-state index contributed by atoms with van der Waals surface area (Å²) in [7, 11) is 0. The van der Waals surface area contributed by atoms with E-state index in [9.17, 15) is 9.59 Å². The Morgan fingerprint density at radius 2 is 2.11 bits per heavy atom. The van der Waals surface area contributed by atoms with Gasteiger partial charge >= 0.3 is 0 Å². The highest BCUT2D eigenvalue weighted by Crippen LogP contribution is 2.17. The Bertz CT molecular complexity index is 567. The van der Waals surface area contributed by atoms with Gasteiger partial charge in [0, 0.05) is 25.6 Å². The Balaban J connectivity index is 2.06. The summed E-state index contributed by atoms with van der Waals surface area (Å²) >= 11 is 0. The molecule has 0 spiro atoms. The van der Waals surface area contributed by atoms with Gasteiger partial charge in [-0.2, -0.15) is 0 Å². The molecular weight excluding hydrogens is 344 g/mol. The molecule has 6 nitrogen and oxygen atoms in total. The largest absolute Gasteiger partial charge is 0.467 e. The SMILES string of the molecule is CCCCC(=O)N(CC(=O)N(Cc1ccco1)CC1CCCO1)C(C)CC. The molecule has 0 radical (unpaired) electrons. The van der Waals surface area contributed by atoms with Crippen molar-refractivity contribution in [3.63, 3.8) is 0 Å². The number of hydrogen-bond acceptors (Lipinski definition) is 4. The van der Waals surface area contributed by atoms with Crippen LogP contribution in [0.5, 0.6) is 0 Å². The first kappa shape index (κ1) is 21.5. The van der Waals surface area contributed by atoms with Crippen molar-refractivity contribution in [1.82, 2.24) is 9.80 Å². The highest BCUT2D eigenvalue weighted by atomic mass is 16.5. The van der Waals surface area contributed by atoms with Gasteiger partial charge in [0.25, 0.3) is 0 Å². The van der Waals surface area contributed by atoms with Gasteiger partial charge < -0.3 is 19.0 Å². The average Bonchev–Trinajstić information content (AvgIpc) is 3.37. The molecule has 27 heavy (non-hydrogen) atoms. The maximum atomic E-state index is 13.1. The highest BCUT2D eigenvalue weighted by molar-refractivity contribution is 5.85. The molecule has 2 amide bonds. The number of nitrogens with zero attached hydrogens (tertiary/aromatic N) is 2. The standard InChI is InChI=1S/C21H34N2O4/c1-4-6-11-20(24)23(17(3)5-2)16-21(25)22(14-18-9-7-12-26-18)15-19-10-8-13-27-19/h7,9,12,17,19H,4-6,8,10-11,13-16H2,1-3H3. The number of rotatable bonds is 11. The molecule has 1 aromatic rings. The predicted molar refractivity (Wildman–Crippen MR) is 104 cm³/mol. The van der Waals surface area contributed by atoms with E-state index in [1.165, 1.54) is 0 Å². The Labute approximate surface area is 162 Å². The van der Waals surface area contributed by atoms with Crippen molar-refractivity contribution in [1.29, 1.82) is 0 Å². The summed E-state index contributed by atoms with van der Waals surface area (Å²) in [6.07, 6.45) is 6.83. The van der Waals surface area contributed by atoms with Crippen molar-refractivity contribution in [3.05, 3.63) is 24.2 Å². The number of carbonyl (C=O) groups is 2. The van der Waals surface area contributed by atoms with Gasteiger partial charge in [0.1, 0.15) is 12.3 Å². The fourth-order valence-corrected chi connectivity index (χ4v) is 3.31. The molecule has 0 aliphatic carbocycles. The van der Waals surface area contributed by atoms with Crippen LogP contribution in [0, 0.1) is 0 Å². The first-order valence-electron chi connectivity index (χ1n) is 10.3. The second-order valence-electron chi connectivity index (χ2n) is 7.37. The van der Waals surface area contributed by atoms with Crippen LogP contribution >= 0.6 is 0 Å². The lowest BCUT2D eigenvalue weighted by atomic mass is 10.1. The monoisotopic (exact) mass is 378 g/mol. The van der Waals surface area contributed by atoms with Crippen LogP contribution in [0.25, 0.3) is 0 Å². The van der Waals surface area contributed by atoms with E-state index in [4.69, 9.17) is 9.15 Å². The van der Waals surface area contributed by atoms with Crippen LogP contribution in [-0.2, 0) is 20.9 Å². The maximum Gasteiger partial charge on any atom is 0.242 e. The van der Waals surface area contributed by atoms with Crippen LogP contribution in [-0.4, -0.2) is 53.5 Å². The third kappa shape index (κ3) is 6.69. The minimum atomic E-state index is -0.0490. The van der Waals surface area contributed by atoms with Gasteiger partial charge in [-0.3, -0.25) is 9.59 Å². The molecule has 152 valence electrons. The second-order valence-corrected chi connectivity index (χ2v) is 7.37. The number of unbranched alkanes of at least 4 members (excludes halogenated alkanes) is 1. The number of amides is 2. The summed E-state index contributed by atoms with van der Waals surface area (Å²) in [6.45, 7) is 7.93. The number of hydrogen-bond donors (Lipinski definition) is 0. The van der Waals surface area contributed by atoms with Gasteiger partial charge in [-0.15, -0.1) is 0 Å². The quantitative estimate of drug-likeness (QED) is 0.590. The lowest BCUT2D eigenvalue weighted by molar-refractivity contribution is -0.143. The number of furan rings is 1. The predicted octanol–water partition coefficient (Wildman–Crippen LogP) is 3.60. The Morgan fingerprint density at radius 1 is 1.30 bits per heavy atom. The van der Waals surface area contributed by atoms with Crippen molar-refractivity contribution < 1.29 is 18.7 Å². The lowest BCUT2D eigenvalue weighted by Gasteiger charge is -2.32. The van der Waals surface area contributed by atoms with E-state index < -0.39 is 0 Å². The molecule has 1 aliphatic rings. The zero-order valence-electron chi connectivity index (χ0n) is 17.0. The number of carbonyl (C=O) groups excluding carboxylic acids is 2. The molecule has 2 unspecified atom stereocenters. The topological polar surface area (TPSA) is 63.0 Å². The normalized spacial score (nSPS) is 17.7. The fraction of sp³-hybridized carbons (Fsp3) is 0.714. The third-order valence-electron chi connectivity index (χ3n) is 5.22. The summed E-state index contributed by atoms with van der Waals surface area (Å²) in [4.78, 5) is 29.2. The molecule has 1 aromatic heterocycles. The molecular formula is C21H34N2O4. The van der Waals surface area contributed by atoms with E-state index >= 15 is 0 Å². The Hall–Kier alpha value is -1.82. The maximum absolute atomic E-state index is 13.1. The molecule has 0 saturated carbocycles. The van der Waals surface area contributed by atoms with Crippen molar-refractivity contribution in [2.45, 2.75) is 78.0 Å². The van der Waals surface area contributed by atoms with Gasteiger partial charge in [-0.1, -0.05) is 20.3 Å². The van der Waals surface area contributed by atoms with Crippen LogP contribution in [0.3, 0.4) is 0 Å². The summed E-state index contributed by atoms with van der Waals surface area (Å²) in [5.74, 6) is 0.760. The van der Waals surface area contributed by atoms with Crippen molar-refractivity contribution >= 4 is 11.8 Å². The van der Waals surface area contributed by atoms with Crippen LogP contribution in [0.15, 0.2) is 22.8 Å². The van der Waals surface area contributed by atoms with E-state index in [2.05, 4.69) is 6.92 Å². The lowest BCUT2D eigenvalue weighted by Crippen LogP contribution is -2.47. The van der Waals surface area contributed by atoms with E-state index in [0.29, 0.717) is 19.5 Å². The van der Waals surface area contributed by atoms with Crippen LogP contribution in [0.2, 0.25) is 0 Å². The van der Waals surface area contributed by atoms with Crippen LogP contribution in [0.1, 0.15) is 65.1 Å². The van der Waals surface area contributed by atoms with Gasteiger partial charge in [-0.05, 0) is 44.7 Å². The summed E-state index contributed by atoms with van der Waals surface area (Å²) in [5.41, 5.74) is 0.